The number of carbonyl (C=O) groups is 1. The molecule has 4 rings (SSSR count). The van der Waals surface area contributed by atoms with E-state index in [1.165, 1.54) is 0 Å². The molecule has 0 amide bonds. The van der Waals surface area contributed by atoms with Crippen LogP contribution in [0.1, 0.15) is 38.7 Å². The van der Waals surface area contributed by atoms with Crippen LogP contribution in [0.4, 0.5) is 5.95 Å². The van der Waals surface area contributed by atoms with Gasteiger partial charge in [0.15, 0.2) is 11.2 Å². The first kappa shape index (κ1) is 18.3. The van der Waals surface area contributed by atoms with Crippen LogP contribution in [0.15, 0.2) is 30.5 Å². The first-order valence-electron chi connectivity index (χ1n) is 9.22. The van der Waals surface area contributed by atoms with E-state index in [9.17, 15) is 9.90 Å². The minimum absolute atomic E-state index is 0.0361. The number of rotatable bonds is 5. The van der Waals surface area contributed by atoms with E-state index in [2.05, 4.69) is 25.6 Å². The summed E-state index contributed by atoms with van der Waals surface area (Å²) in [4.78, 5) is 19.9. The molecule has 28 heavy (non-hydrogen) atoms. The Morgan fingerprint density at radius 1 is 1.25 bits per heavy atom. The van der Waals surface area contributed by atoms with E-state index in [1.807, 2.05) is 24.3 Å². The van der Waals surface area contributed by atoms with Gasteiger partial charge in [0.1, 0.15) is 0 Å². The Kier molecular flexibility index (Phi) is 4.46. The lowest BCUT2D eigenvalue weighted by atomic mass is 9.98. The smallest absolute Gasteiger partial charge is 0.306 e. The fourth-order valence-electron chi connectivity index (χ4n) is 3.50. The number of carboxylic acid groups (broad SMARTS) is 1. The topological polar surface area (TPSA) is 126 Å². The molecule has 1 fully saturated rings. The Balaban J connectivity index is 1.59. The van der Waals surface area contributed by atoms with Crippen molar-refractivity contribution in [2.24, 2.45) is 5.92 Å². The molecular formula is C19H22N6O3. The highest BCUT2D eigenvalue weighted by atomic mass is 16.4. The molecular weight excluding hydrogens is 360 g/mol. The van der Waals surface area contributed by atoms with Crippen molar-refractivity contribution in [1.82, 2.24) is 25.0 Å². The third kappa shape index (κ3) is 3.53. The minimum Gasteiger partial charge on any atom is -0.481 e. The summed E-state index contributed by atoms with van der Waals surface area (Å²) in [6.07, 6.45) is 3.59. The summed E-state index contributed by atoms with van der Waals surface area (Å²) in [6.45, 7) is 3.46. The van der Waals surface area contributed by atoms with Crippen LogP contribution in [0, 0.1) is 5.92 Å². The molecule has 1 aliphatic rings. The second kappa shape index (κ2) is 6.83. The molecule has 9 nitrogen and oxygen atoms in total. The van der Waals surface area contributed by atoms with Crippen molar-refractivity contribution in [1.29, 1.82) is 0 Å². The Morgan fingerprint density at radius 2 is 2.00 bits per heavy atom. The lowest BCUT2D eigenvalue weighted by Gasteiger charge is -2.17. The number of benzene rings is 1. The number of hydrogen-bond donors (Lipinski definition) is 3. The number of nitrogens with one attached hydrogen (secondary N) is 1. The summed E-state index contributed by atoms with van der Waals surface area (Å²) in [6, 6.07) is 7.42. The van der Waals surface area contributed by atoms with Gasteiger partial charge in [-0.2, -0.15) is 9.67 Å². The second-order valence-electron chi connectivity index (χ2n) is 7.70. The number of aliphatic hydroxyl groups is 1. The summed E-state index contributed by atoms with van der Waals surface area (Å²) in [5.41, 5.74) is 1.77. The van der Waals surface area contributed by atoms with Crippen molar-refractivity contribution >= 4 is 23.1 Å². The van der Waals surface area contributed by atoms with Crippen molar-refractivity contribution in [3.8, 4) is 5.69 Å². The van der Waals surface area contributed by atoms with Crippen molar-refractivity contribution < 1.29 is 15.0 Å². The van der Waals surface area contributed by atoms with Crippen LogP contribution >= 0.6 is 0 Å². The monoisotopic (exact) mass is 382 g/mol. The fraction of sp³-hybridized carbons (Fsp3) is 0.421. The maximum Gasteiger partial charge on any atom is 0.306 e. The summed E-state index contributed by atoms with van der Waals surface area (Å²) in [7, 11) is 0. The number of aliphatic carboxylic acids is 1. The van der Waals surface area contributed by atoms with Gasteiger partial charge in [-0.25, -0.2) is 4.98 Å². The summed E-state index contributed by atoms with van der Waals surface area (Å²) < 4.78 is 1.62. The first-order valence-corrected chi connectivity index (χ1v) is 9.22. The Labute approximate surface area is 161 Å². The molecule has 1 aliphatic carbocycles. The number of anilines is 1. The lowest BCUT2D eigenvalue weighted by molar-refractivity contribution is -0.141. The average Bonchev–Trinajstić information content (AvgIpc) is 3.28. The zero-order valence-corrected chi connectivity index (χ0v) is 15.7. The Morgan fingerprint density at radius 3 is 2.64 bits per heavy atom. The molecule has 0 aliphatic heterocycles. The molecule has 9 heteroatoms. The summed E-state index contributed by atoms with van der Waals surface area (Å²) in [5, 5.41) is 30.8. The van der Waals surface area contributed by atoms with E-state index in [-0.39, 0.29) is 12.0 Å². The van der Waals surface area contributed by atoms with Gasteiger partial charge in [-0.15, -0.1) is 5.10 Å². The maximum atomic E-state index is 11.1. The zero-order valence-electron chi connectivity index (χ0n) is 15.7. The van der Waals surface area contributed by atoms with Crippen LogP contribution in [-0.2, 0) is 10.4 Å². The van der Waals surface area contributed by atoms with Crippen molar-refractivity contribution in [3.05, 3.63) is 36.0 Å². The molecule has 3 aromatic rings. The Hall–Kier alpha value is -3.07. The van der Waals surface area contributed by atoms with E-state index in [4.69, 9.17) is 5.11 Å². The molecule has 2 heterocycles. The van der Waals surface area contributed by atoms with Gasteiger partial charge < -0.3 is 15.5 Å². The second-order valence-corrected chi connectivity index (χ2v) is 7.70. The van der Waals surface area contributed by atoms with Crippen molar-refractivity contribution in [2.45, 2.75) is 44.8 Å². The normalized spacial score (nSPS) is 19.8. The fourth-order valence-corrected chi connectivity index (χ4v) is 3.50. The van der Waals surface area contributed by atoms with E-state index in [0.29, 0.717) is 30.0 Å². The largest absolute Gasteiger partial charge is 0.481 e. The third-order valence-corrected chi connectivity index (χ3v) is 5.13. The van der Waals surface area contributed by atoms with Gasteiger partial charge in [0.2, 0.25) is 5.95 Å². The number of aromatic nitrogens is 5. The highest BCUT2D eigenvalue weighted by Crippen LogP contribution is 2.28. The molecule has 2 aromatic heterocycles. The van der Waals surface area contributed by atoms with E-state index in [1.54, 1.807) is 24.7 Å². The van der Waals surface area contributed by atoms with Crippen LogP contribution < -0.4 is 5.32 Å². The minimum atomic E-state index is -0.919. The molecule has 0 spiro atoms. The molecule has 0 radical (unpaired) electrons. The highest BCUT2D eigenvalue weighted by molar-refractivity contribution is 5.72. The number of carboxylic acids is 1. The molecule has 0 unspecified atom stereocenters. The molecule has 146 valence electrons. The van der Waals surface area contributed by atoms with Gasteiger partial charge >= 0.3 is 5.97 Å². The quantitative estimate of drug-likeness (QED) is 0.612. The van der Waals surface area contributed by atoms with E-state index < -0.39 is 11.6 Å². The first-order chi connectivity index (χ1) is 13.3. The number of fused-ring (bicyclic) bond motifs is 1. The number of hydrogen-bond acceptors (Lipinski definition) is 7. The van der Waals surface area contributed by atoms with Crippen molar-refractivity contribution in [2.75, 3.05) is 5.32 Å². The van der Waals surface area contributed by atoms with Crippen LogP contribution in [0.2, 0.25) is 0 Å². The van der Waals surface area contributed by atoms with Crippen molar-refractivity contribution in [3.63, 3.8) is 0 Å². The average molecular weight is 382 g/mol. The highest BCUT2D eigenvalue weighted by Gasteiger charge is 2.30. The SMILES string of the molecule is CC(C)(O)c1ccc(-n2nnc3cnc(N[C@@H]4CC[C@@H](C(=O)O)C4)nc32)cc1. The molecule has 0 bridgehead atoms. The molecule has 3 N–H and O–H groups in total. The van der Waals surface area contributed by atoms with E-state index >= 15 is 0 Å². The molecule has 0 saturated heterocycles. The van der Waals surface area contributed by atoms with Gasteiger partial charge in [0.25, 0.3) is 0 Å². The van der Waals surface area contributed by atoms with E-state index in [0.717, 1.165) is 17.7 Å². The Bertz CT molecular complexity index is 1010. The van der Waals surface area contributed by atoms with Gasteiger partial charge in [0.05, 0.1) is 23.4 Å². The predicted molar refractivity (Wildman–Crippen MR) is 102 cm³/mol. The van der Waals surface area contributed by atoms with Gasteiger partial charge in [-0.05, 0) is 50.8 Å². The van der Waals surface area contributed by atoms with Gasteiger partial charge in [-0.3, -0.25) is 4.79 Å². The maximum absolute atomic E-state index is 11.1. The molecule has 2 atom stereocenters. The van der Waals surface area contributed by atoms with Crippen LogP contribution in [0.5, 0.6) is 0 Å². The van der Waals surface area contributed by atoms with Crippen LogP contribution in [-0.4, -0.2) is 47.2 Å². The van der Waals surface area contributed by atoms with Crippen LogP contribution in [0.25, 0.3) is 16.9 Å². The molecule has 1 aromatic carbocycles. The summed E-state index contributed by atoms with van der Waals surface area (Å²) >= 11 is 0. The number of nitrogens with zero attached hydrogens (tertiary/aromatic N) is 5. The van der Waals surface area contributed by atoms with Crippen LogP contribution in [0.3, 0.4) is 0 Å². The summed E-state index contributed by atoms with van der Waals surface area (Å²) in [5.74, 6) is -0.639. The van der Waals surface area contributed by atoms with Gasteiger partial charge in [-0.1, -0.05) is 17.3 Å². The lowest BCUT2D eigenvalue weighted by Crippen LogP contribution is -2.19. The standard InChI is InChI=1S/C19H22N6O3/c1-19(2,28)12-4-7-14(8-5-12)25-16-15(23-24-25)10-20-18(22-16)21-13-6-3-11(9-13)17(26)27/h4-5,7-8,10-11,13,28H,3,6,9H2,1-2H3,(H,26,27)(H,20,21,22)/t11-,13-/m1/s1. The zero-order chi connectivity index (χ0) is 19.9. The third-order valence-electron chi connectivity index (χ3n) is 5.13. The predicted octanol–water partition coefficient (Wildman–Crippen LogP) is 2.10. The van der Waals surface area contributed by atoms with Gasteiger partial charge in [0, 0.05) is 6.04 Å². The molecule has 1 saturated carbocycles.